The zero-order chi connectivity index (χ0) is 22.5. The number of hydrogen-bond donors (Lipinski definition) is 0. The fraction of sp³-hybridized carbons (Fsp3) is 0.333. The Balaban J connectivity index is 1.15. The van der Waals surface area contributed by atoms with Gasteiger partial charge in [-0.1, -0.05) is 85.6 Å². The van der Waals surface area contributed by atoms with Crippen molar-refractivity contribution in [2.75, 3.05) is 13.5 Å². The van der Waals surface area contributed by atoms with E-state index in [2.05, 4.69) is 82.6 Å². The van der Waals surface area contributed by atoms with E-state index in [4.69, 9.17) is 9.47 Å². The first-order chi connectivity index (χ1) is 16.8. The van der Waals surface area contributed by atoms with Gasteiger partial charge >= 0.3 is 0 Å². The molecule has 4 heteroatoms. The van der Waals surface area contributed by atoms with E-state index < -0.39 is 0 Å². The normalized spacial score (nSPS) is 23.2. The molecule has 3 aliphatic rings. The van der Waals surface area contributed by atoms with Crippen molar-refractivity contribution < 1.29 is 9.47 Å². The van der Waals surface area contributed by atoms with Crippen LogP contribution in [0.5, 0.6) is 11.5 Å². The summed E-state index contributed by atoms with van der Waals surface area (Å²) in [5, 5.41) is 4.96. The van der Waals surface area contributed by atoms with Crippen molar-refractivity contribution >= 4 is 21.5 Å². The highest BCUT2D eigenvalue weighted by atomic mass is 16.5. The first kappa shape index (κ1) is 20.3. The molecule has 172 valence electrons. The maximum atomic E-state index is 6.42. The highest BCUT2D eigenvalue weighted by Gasteiger charge is 2.38. The highest BCUT2D eigenvalue weighted by molar-refractivity contribution is 5.90. The lowest BCUT2D eigenvalue weighted by atomic mass is 9.87. The molecule has 0 amide bonds. The van der Waals surface area contributed by atoms with Crippen LogP contribution in [0.3, 0.4) is 0 Å². The Labute approximate surface area is 200 Å². The van der Waals surface area contributed by atoms with Crippen LogP contribution < -0.4 is 9.47 Å². The van der Waals surface area contributed by atoms with Crippen LogP contribution in [0.1, 0.15) is 36.8 Å². The molecule has 34 heavy (non-hydrogen) atoms. The molecule has 2 aliphatic heterocycles. The molecule has 2 unspecified atom stereocenters. The lowest BCUT2D eigenvalue weighted by Crippen LogP contribution is -2.55. The van der Waals surface area contributed by atoms with Crippen LogP contribution in [0.2, 0.25) is 0 Å². The quantitative estimate of drug-likeness (QED) is 0.357. The van der Waals surface area contributed by atoms with E-state index in [-0.39, 0.29) is 0 Å². The standard InChI is InChI=1S/C30H30N2O2/c1-3-9-25-21(7-1)13-15-23-17-31(19-33-29(23)25)27-11-5-6-12-28(27)32-18-24-16-14-22-8-2-4-10-26(22)30(24)34-20-32/h1-4,7-10,13-16,27-28H,5-6,11-12,17-20H2. The third-order valence-electron chi connectivity index (χ3n) is 8.05. The van der Waals surface area contributed by atoms with Gasteiger partial charge < -0.3 is 9.47 Å². The van der Waals surface area contributed by atoms with E-state index in [9.17, 15) is 0 Å². The highest BCUT2D eigenvalue weighted by Crippen LogP contribution is 2.39. The fourth-order valence-corrected chi connectivity index (χ4v) is 6.36. The summed E-state index contributed by atoms with van der Waals surface area (Å²) in [5.41, 5.74) is 2.61. The van der Waals surface area contributed by atoms with E-state index in [1.165, 1.54) is 58.4 Å². The SMILES string of the molecule is c1ccc2c3c(ccc2c1)CN(C1CCCCC1N1COc2c(ccc4ccccc24)C1)CO3. The predicted molar refractivity (Wildman–Crippen MR) is 136 cm³/mol. The van der Waals surface area contributed by atoms with Crippen molar-refractivity contribution in [2.24, 2.45) is 0 Å². The van der Waals surface area contributed by atoms with E-state index >= 15 is 0 Å². The zero-order valence-corrected chi connectivity index (χ0v) is 19.5. The van der Waals surface area contributed by atoms with Crippen molar-refractivity contribution in [3.05, 3.63) is 83.9 Å². The van der Waals surface area contributed by atoms with Gasteiger partial charge in [0.2, 0.25) is 0 Å². The molecule has 4 aromatic rings. The molecule has 0 aromatic heterocycles. The van der Waals surface area contributed by atoms with Gasteiger partial charge in [0.15, 0.2) is 0 Å². The largest absolute Gasteiger partial charge is 0.477 e. The Morgan fingerprint density at radius 3 is 1.53 bits per heavy atom. The first-order valence-corrected chi connectivity index (χ1v) is 12.6. The van der Waals surface area contributed by atoms with Crippen LogP contribution in [0.15, 0.2) is 72.8 Å². The number of ether oxygens (including phenoxy) is 2. The molecule has 2 heterocycles. The van der Waals surface area contributed by atoms with Crippen LogP contribution in [-0.4, -0.2) is 35.3 Å². The minimum absolute atomic E-state index is 0.485. The molecular formula is C30H30N2O2. The monoisotopic (exact) mass is 450 g/mol. The van der Waals surface area contributed by atoms with E-state index in [0.717, 1.165) is 24.6 Å². The summed E-state index contributed by atoms with van der Waals surface area (Å²) in [7, 11) is 0. The number of hydrogen-bond acceptors (Lipinski definition) is 4. The molecule has 0 spiro atoms. The van der Waals surface area contributed by atoms with Crippen LogP contribution in [0, 0.1) is 0 Å². The Morgan fingerprint density at radius 1 is 0.559 bits per heavy atom. The molecule has 7 rings (SSSR count). The van der Waals surface area contributed by atoms with Gasteiger partial charge in [0.1, 0.15) is 25.0 Å². The smallest absolute Gasteiger partial charge is 0.142 e. The van der Waals surface area contributed by atoms with Crippen LogP contribution >= 0.6 is 0 Å². The molecule has 4 nitrogen and oxygen atoms in total. The van der Waals surface area contributed by atoms with E-state index in [1.54, 1.807) is 0 Å². The second kappa shape index (κ2) is 8.30. The van der Waals surface area contributed by atoms with Crippen LogP contribution in [0.25, 0.3) is 21.5 Å². The summed E-state index contributed by atoms with van der Waals surface area (Å²) in [4.78, 5) is 5.13. The average Bonchev–Trinajstić information content (AvgIpc) is 2.92. The summed E-state index contributed by atoms with van der Waals surface area (Å²) >= 11 is 0. The molecule has 0 radical (unpaired) electrons. The summed E-state index contributed by atoms with van der Waals surface area (Å²) in [6.45, 7) is 3.24. The molecule has 0 saturated heterocycles. The zero-order valence-electron chi connectivity index (χ0n) is 19.5. The summed E-state index contributed by atoms with van der Waals surface area (Å²) in [5.74, 6) is 2.15. The Hall–Kier alpha value is -3.08. The topological polar surface area (TPSA) is 24.9 Å². The van der Waals surface area contributed by atoms with Gasteiger partial charge in [0.05, 0.1) is 0 Å². The van der Waals surface area contributed by atoms with Crippen LogP contribution in [-0.2, 0) is 13.1 Å². The molecule has 0 bridgehead atoms. The molecule has 0 N–H and O–H groups in total. The Kier molecular flexibility index (Phi) is 4.96. The van der Waals surface area contributed by atoms with Crippen molar-refractivity contribution in [2.45, 2.75) is 50.9 Å². The Bertz CT molecular complexity index is 1260. The molecule has 1 saturated carbocycles. The summed E-state index contributed by atoms with van der Waals surface area (Å²) in [6, 6.07) is 27.0. The number of benzene rings is 4. The summed E-state index contributed by atoms with van der Waals surface area (Å²) < 4.78 is 12.8. The minimum Gasteiger partial charge on any atom is -0.477 e. The second-order valence-corrected chi connectivity index (χ2v) is 10.0. The number of nitrogens with zero attached hydrogens (tertiary/aromatic N) is 2. The Morgan fingerprint density at radius 2 is 1.03 bits per heavy atom. The molecule has 4 aromatic carbocycles. The fourth-order valence-electron chi connectivity index (χ4n) is 6.36. The van der Waals surface area contributed by atoms with Gasteiger partial charge in [-0.3, -0.25) is 9.80 Å². The third kappa shape index (κ3) is 3.36. The van der Waals surface area contributed by atoms with E-state index in [0.29, 0.717) is 25.5 Å². The lowest BCUT2D eigenvalue weighted by molar-refractivity contribution is -0.0381. The number of rotatable bonds is 2. The first-order valence-electron chi connectivity index (χ1n) is 12.6. The maximum absolute atomic E-state index is 6.42. The average molecular weight is 451 g/mol. The van der Waals surface area contributed by atoms with Crippen molar-refractivity contribution in [3.63, 3.8) is 0 Å². The van der Waals surface area contributed by atoms with E-state index in [1.807, 2.05) is 0 Å². The van der Waals surface area contributed by atoms with Gasteiger partial charge in [-0.2, -0.15) is 0 Å². The van der Waals surface area contributed by atoms with Crippen LogP contribution in [0.4, 0.5) is 0 Å². The predicted octanol–water partition coefficient (Wildman–Crippen LogP) is 6.31. The van der Waals surface area contributed by atoms with Gasteiger partial charge in [0.25, 0.3) is 0 Å². The second-order valence-electron chi connectivity index (χ2n) is 10.0. The van der Waals surface area contributed by atoms with Crippen molar-refractivity contribution in [1.82, 2.24) is 9.80 Å². The van der Waals surface area contributed by atoms with Gasteiger partial charge in [-0.15, -0.1) is 0 Å². The lowest BCUT2D eigenvalue weighted by Gasteiger charge is -2.47. The van der Waals surface area contributed by atoms with Gasteiger partial charge in [0, 0.05) is 47.1 Å². The molecule has 1 fully saturated rings. The van der Waals surface area contributed by atoms with Gasteiger partial charge in [-0.25, -0.2) is 0 Å². The maximum Gasteiger partial charge on any atom is 0.142 e. The molecular weight excluding hydrogens is 420 g/mol. The minimum atomic E-state index is 0.485. The van der Waals surface area contributed by atoms with Gasteiger partial charge in [-0.05, 0) is 23.6 Å². The van der Waals surface area contributed by atoms with Crippen molar-refractivity contribution in [1.29, 1.82) is 0 Å². The third-order valence-corrected chi connectivity index (χ3v) is 8.05. The molecule has 2 atom stereocenters. The van der Waals surface area contributed by atoms with Crippen molar-refractivity contribution in [3.8, 4) is 11.5 Å². The molecule has 1 aliphatic carbocycles. The number of fused-ring (bicyclic) bond motifs is 6. The summed E-state index contributed by atoms with van der Waals surface area (Å²) in [6.07, 6.45) is 5.02.